The number of halogens is 2. The third kappa shape index (κ3) is 5.28. The van der Waals surface area contributed by atoms with Gasteiger partial charge in [-0.25, -0.2) is 9.37 Å². The minimum Gasteiger partial charge on any atom is -0.352 e. The van der Waals surface area contributed by atoms with Gasteiger partial charge < -0.3 is 19.7 Å². The topological polar surface area (TPSA) is 53.4 Å². The molecule has 1 atom stereocenters. The highest BCUT2D eigenvalue weighted by Crippen LogP contribution is 2.32. The Balaban J connectivity index is 1.45. The van der Waals surface area contributed by atoms with E-state index in [1.54, 1.807) is 12.4 Å². The van der Waals surface area contributed by atoms with E-state index in [1.165, 1.54) is 6.42 Å². The molecule has 4 rings (SSSR count). The Labute approximate surface area is 202 Å². The molecule has 8 heteroatoms. The lowest BCUT2D eigenvalue weighted by Crippen LogP contribution is -2.31. The Bertz CT molecular complexity index is 1150. The first-order valence-electron chi connectivity index (χ1n) is 11.4. The summed E-state index contributed by atoms with van der Waals surface area (Å²) in [6.07, 6.45) is 5.65. The smallest absolute Gasteiger partial charge is 0.175 e. The first kappa shape index (κ1) is 23.9. The van der Waals surface area contributed by atoms with Gasteiger partial charge in [0.05, 0.1) is 17.5 Å². The predicted octanol–water partition coefficient (Wildman–Crippen LogP) is 5.22. The Hall–Kier alpha value is -2.29. The molecular formula is C25H31BrFN5O. The van der Waals surface area contributed by atoms with Gasteiger partial charge in [-0.1, -0.05) is 15.9 Å². The van der Waals surface area contributed by atoms with E-state index < -0.39 is 5.82 Å². The summed E-state index contributed by atoms with van der Waals surface area (Å²) < 4.78 is 18.3. The average molecular weight is 516 g/mol. The number of nitrogens with one attached hydrogen (secondary N) is 1. The number of benzene rings is 2. The first-order chi connectivity index (χ1) is 15.9. The molecule has 1 aromatic heterocycles. The molecule has 1 unspecified atom stereocenters. The summed E-state index contributed by atoms with van der Waals surface area (Å²) in [7, 11) is 4.29. The van der Waals surface area contributed by atoms with E-state index >= 15 is 4.39 Å². The van der Waals surface area contributed by atoms with Crippen LogP contribution in [0.2, 0.25) is 0 Å². The Morgan fingerprint density at radius 3 is 2.76 bits per heavy atom. The van der Waals surface area contributed by atoms with Crippen molar-refractivity contribution in [3.05, 3.63) is 52.0 Å². The van der Waals surface area contributed by atoms with Gasteiger partial charge in [-0.2, -0.15) is 0 Å². The zero-order valence-corrected chi connectivity index (χ0v) is 21.0. The molecule has 0 radical (unpaired) electrons. The highest BCUT2D eigenvalue weighted by Gasteiger charge is 2.23. The summed E-state index contributed by atoms with van der Waals surface area (Å²) in [6, 6.07) is 8.06. The number of carbonyl (C=O) groups excluding carboxylic acids is 1. The molecule has 0 spiro atoms. The number of aromatic nitrogens is 2. The van der Waals surface area contributed by atoms with Crippen molar-refractivity contribution in [1.29, 1.82) is 0 Å². The van der Waals surface area contributed by atoms with Gasteiger partial charge in [0.1, 0.15) is 5.52 Å². The van der Waals surface area contributed by atoms with Crippen LogP contribution in [0.1, 0.15) is 35.2 Å². The number of anilines is 2. The van der Waals surface area contributed by atoms with Gasteiger partial charge in [-0.05, 0) is 83.2 Å². The average Bonchev–Trinajstić information content (AvgIpc) is 3.42. The third-order valence-corrected chi connectivity index (χ3v) is 7.06. The number of unbranched alkanes of at least 4 members (excludes halogenated alkanes) is 1. The molecule has 176 valence electrons. The van der Waals surface area contributed by atoms with Crippen LogP contribution >= 0.6 is 15.9 Å². The molecule has 1 fully saturated rings. The van der Waals surface area contributed by atoms with Crippen LogP contribution in [-0.4, -0.2) is 65.4 Å². The van der Waals surface area contributed by atoms with Crippen LogP contribution in [0.25, 0.3) is 11.0 Å². The maximum atomic E-state index is 15.4. The second-order valence-corrected chi connectivity index (χ2v) is 9.99. The largest absolute Gasteiger partial charge is 0.352 e. The molecule has 2 heterocycles. The maximum absolute atomic E-state index is 15.4. The molecule has 0 aliphatic carbocycles. The summed E-state index contributed by atoms with van der Waals surface area (Å²) >= 11 is 3.44. The summed E-state index contributed by atoms with van der Waals surface area (Å²) in [5.74, 6) is -0.498. The Kier molecular flexibility index (Phi) is 7.46. The van der Waals surface area contributed by atoms with Crippen molar-refractivity contribution < 1.29 is 9.18 Å². The molecule has 1 saturated heterocycles. The van der Waals surface area contributed by atoms with E-state index in [9.17, 15) is 4.79 Å². The van der Waals surface area contributed by atoms with Gasteiger partial charge >= 0.3 is 0 Å². The molecule has 1 aliphatic heterocycles. The van der Waals surface area contributed by atoms with Gasteiger partial charge in [0.15, 0.2) is 12.1 Å². The third-order valence-electron chi connectivity index (χ3n) is 6.56. The molecule has 1 N–H and O–H groups in total. The van der Waals surface area contributed by atoms with E-state index in [-0.39, 0.29) is 16.8 Å². The first-order valence-corrected chi connectivity index (χ1v) is 12.2. The molecular weight excluding hydrogens is 485 g/mol. The van der Waals surface area contributed by atoms with Crippen LogP contribution in [-0.2, 0) is 6.54 Å². The minimum absolute atomic E-state index is 0.164. The van der Waals surface area contributed by atoms with Crippen molar-refractivity contribution in [2.24, 2.45) is 0 Å². The summed E-state index contributed by atoms with van der Waals surface area (Å²) in [5, 5.41) is 3.10. The number of hydrogen-bond donors (Lipinski definition) is 1. The number of likely N-dealkylation sites (tertiary alicyclic amines) is 1. The predicted molar refractivity (Wildman–Crippen MR) is 135 cm³/mol. The summed E-state index contributed by atoms with van der Waals surface area (Å²) in [5.41, 5.74) is 3.08. The molecule has 6 nitrogen and oxygen atoms in total. The number of aryl methyl sites for hydroxylation is 2. The van der Waals surface area contributed by atoms with Crippen LogP contribution in [0.3, 0.4) is 0 Å². The van der Waals surface area contributed by atoms with E-state index in [0.29, 0.717) is 17.8 Å². The van der Waals surface area contributed by atoms with E-state index in [0.717, 1.165) is 54.7 Å². The molecule has 1 aliphatic rings. The van der Waals surface area contributed by atoms with Crippen LogP contribution in [0.15, 0.2) is 35.1 Å². The SMILES string of the molecule is Cc1cc(Br)ccc1Nc1c(C=O)cc2c(ncn2CCCCN2CCC(N(C)C)C2)c1F. The van der Waals surface area contributed by atoms with Crippen LogP contribution in [0, 0.1) is 12.7 Å². The molecule has 0 saturated carbocycles. The molecule has 2 aromatic carbocycles. The number of imidazole rings is 1. The van der Waals surface area contributed by atoms with Crippen molar-refractivity contribution in [1.82, 2.24) is 19.4 Å². The second kappa shape index (κ2) is 10.3. The van der Waals surface area contributed by atoms with Crippen molar-refractivity contribution in [2.75, 3.05) is 39.0 Å². The molecule has 33 heavy (non-hydrogen) atoms. The molecule has 0 bridgehead atoms. The monoisotopic (exact) mass is 515 g/mol. The van der Waals surface area contributed by atoms with Gasteiger partial charge in [-0.3, -0.25) is 4.79 Å². The maximum Gasteiger partial charge on any atom is 0.175 e. The van der Waals surface area contributed by atoms with E-state index in [2.05, 4.69) is 50.1 Å². The van der Waals surface area contributed by atoms with Crippen LogP contribution < -0.4 is 5.32 Å². The quantitative estimate of drug-likeness (QED) is 0.312. The Morgan fingerprint density at radius 1 is 1.27 bits per heavy atom. The van der Waals surface area contributed by atoms with Crippen molar-refractivity contribution >= 4 is 44.6 Å². The lowest BCUT2D eigenvalue weighted by molar-refractivity contribution is 0.112. The van der Waals surface area contributed by atoms with Crippen LogP contribution in [0.4, 0.5) is 15.8 Å². The van der Waals surface area contributed by atoms with Crippen LogP contribution in [0.5, 0.6) is 0 Å². The number of carbonyl (C=O) groups is 1. The second-order valence-electron chi connectivity index (χ2n) is 9.08. The fourth-order valence-electron chi connectivity index (χ4n) is 4.53. The lowest BCUT2D eigenvalue weighted by Gasteiger charge is -2.20. The molecule has 3 aromatic rings. The Morgan fingerprint density at radius 2 is 2.06 bits per heavy atom. The number of fused-ring (bicyclic) bond motifs is 1. The normalized spacial score (nSPS) is 16.7. The van der Waals surface area contributed by atoms with E-state index in [1.807, 2.05) is 29.7 Å². The highest BCUT2D eigenvalue weighted by atomic mass is 79.9. The van der Waals surface area contributed by atoms with E-state index in [4.69, 9.17) is 0 Å². The summed E-state index contributed by atoms with van der Waals surface area (Å²) in [6.45, 7) is 6.03. The fourth-order valence-corrected chi connectivity index (χ4v) is 5.01. The van der Waals surface area contributed by atoms with Gasteiger partial charge in [0.2, 0.25) is 0 Å². The van der Waals surface area contributed by atoms with Gasteiger partial charge in [-0.15, -0.1) is 0 Å². The highest BCUT2D eigenvalue weighted by molar-refractivity contribution is 9.10. The van der Waals surface area contributed by atoms with Crippen molar-refractivity contribution in [3.8, 4) is 0 Å². The van der Waals surface area contributed by atoms with Crippen molar-refractivity contribution in [2.45, 2.75) is 38.8 Å². The van der Waals surface area contributed by atoms with Gasteiger partial charge in [0.25, 0.3) is 0 Å². The number of hydrogen-bond acceptors (Lipinski definition) is 5. The fraction of sp³-hybridized carbons (Fsp3) is 0.440. The lowest BCUT2D eigenvalue weighted by atomic mass is 10.1. The summed E-state index contributed by atoms with van der Waals surface area (Å²) in [4.78, 5) is 21.0. The number of rotatable bonds is 9. The number of nitrogens with zero attached hydrogens (tertiary/aromatic N) is 4. The molecule has 0 amide bonds. The number of aldehydes is 1. The van der Waals surface area contributed by atoms with Gasteiger partial charge in [0, 0.05) is 34.9 Å². The standard InChI is InChI=1S/C25H31BrFN5O/c1-17-12-19(26)6-7-21(17)29-24-18(15-33)13-22-25(23(24)27)28-16-32(22)10-5-4-9-31-11-8-20(14-31)30(2)3/h6-7,12-13,15-16,20,29H,4-5,8-11,14H2,1-3H3. The number of likely N-dealkylation sites (N-methyl/N-ethyl adjacent to an activating group) is 1. The zero-order valence-electron chi connectivity index (χ0n) is 19.4. The minimum atomic E-state index is -0.498. The zero-order chi connectivity index (χ0) is 23.5. The van der Waals surface area contributed by atoms with Crippen molar-refractivity contribution in [3.63, 3.8) is 0 Å².